The summed E-state index contributed by atoms with van der Waals surface area (Å²) in [5.74, 6) is -2.40. The molecular formula is C19H16FN3O6. The average molecular weight is 401 g/mol. The molecule has 1 amide bonds. The lowest BCUT2D eigenvalue weighted by atomic mass is 10.2. The van der Waals surface area contributed by atoms with E-state index in [1.165, 1.54) is 31.4 Å². The fourth-order valence-corrected chi connectivity index (χ4v) is 2.36. The van der Waals surface area contributed by atoms with Crippen LogP contribution in [0.3, 0.4) is 0 Å². The molecule has 0 spiro atoms. The largest absolute Gasteiger partial charge is 0.495 e. The molecule has 10 heteroatoms. The van der Waals surface area contributed by atoms with Crippen molar-refractivity contribution in [3.05, 3.63) is 64.9 Å². The highest BCUT2D eigenvalue weighted by Crippen LogP contribution is 2.22. The minimum Gasteiger partial charge on any atom is -0.495 e. The van der Waals surface area contributed by atoms with Crippen molar-refractivity contribution in [1.82, 2.24) is 9.78 Å². The highest BCUT2D eigenvalue weighted by Gasteiger charge is 2.15. The van der Waals surface area contributed by atoms with E-state index in [-0.39, 0.29) is 5.89 Å². The van der Waals surface area contributed by atoms with Crippen molar-refractivity contribution in [2.45, 2.75) is 6.54 Å². The van der Waals surface area contributed by atoms with Crippen LogP contribution in [0.15, 0.2) is 57.7 Å². The number of rotatable bonds is 7. The molecule has 1 aromatic heterocycles. The molecule has 0 unspecified atom stereocenters. The predicted octanol–water partition coefficient (Wildman–Crippen LogP) is 1.83. The van der Waals surface area contributed by atoms with Gasteiger partial charge in [-0.25, -0.2) is 9.18 Å². The van der Waals surface area contributed by atoms with Gasteiger partial charge in [0.2, 0.25) is 5.89 Å². The van der Waals surface area contributed by atoms with Crippen molar-refractivity contribution in [3.63, 3.8) is 0 Å². The van der Waals surface area contributed by atoms with Gasteiger partial charge in [-0.2, -0.15) is 4.68 Å². The van der Waals surface area contributed by atoms with Crippen molar-refractivity contribution >= 4 is 17.6 Å². The third-order valence-corrected chi connectivity index (χ3v) is 3.72. The first-order valence-electron chi connectivity index (χ1n) is 8.38. The van der Waals surface area contributed by atoms with Crippen molar-refractivity contribution < 1.29 is 27.9 Å². The molecule has 1 heterocycles. The van der Waals surface area contributed by atoms with Crippen LogP contribution in [-0.2, 0) is 20.9 Å². The Bertz CT molecular complexity index is 1070. The molecule has 0 saturated heterocycles. The van der Waals surface area contributed by atoms with Crippen LogP contribution in [-0.4, -0.2) is 35.4 Å². The van der Waals surface area contributed by atoms with E-state index in [1.807, 2.05) is 0 Å². The van der Waals surface area contributed by atoms with Gasteiger partial charge in [-0.15, -0.1) is 5.10 Å². The minimum atomic E-state index is -0.889. The molecule has 1 N–H and O–H groups in total. The van der Waals surface area contributed by atoms with Crippen LogP contribution in [0, 0.1) is 5.82 Å². The molecule has 0 bridgehead atoms. The first kappa shape index (κ1) is 19.8. The molecule has 0 aliphatic carbocycles. The molecule has 0 atom stereocenters. The molecule has 150 valence electrons. The molecule has 0 radical (unpaired) electrons. The molecule has 0 saturated carbocycles. The standard InChI is InChI=1S/C19H16FN3O6/c1-27-15-5-3-2-4-14(15)21-16(24)11-28-17(25)10-23-19(26)29-18(22-23)12-6-8-13(20)9-7-12/h2-9H,10-11H2,1H3,(H,21,24). The summed E-state index contributed by atoms with van der Waals surface area (Å²) in [6.45, 7) is -1.11. The number of hydrogen-bond donors (Lipinski definition) is 1. The summed E-state index contributed by atoms with van der Waals surface area (Å²) in [4.78, 5) is 35.7. The summed E-state index contributed by atoms with van der Waals surface area (Å²) in [6.07, 6.45) is 0. The third-order valence-electron chi connectivity index (χ3n) is 3.72. The first-order valence-corrected chi connectivity index (χ1v) is 8.38. The molecule has 9 nitrogen and oxygen atoms in total. The number of amides is 1. The lowest BCUT2D eigenvalue weighted by Gasteiger charge is -2.09. The summed E-state index contributed by atoms with van der Waals surface area (Å²) >= 11 is 0. The van der Waals surface area contributed by atoms with Gasteiger partial charge in [-0.05, 0) is 36.4 Å². The van der Waals surface area contributed by atoms with E-state index < -0.39 is 36.6 Å². The number of benzene rings is 2. The second-order valence-corrected chi connectivity index (χ2v) is 5.75. The number of hydrogen-bond acceptors (Lipinski definition) is 7. The van der Waals surface area contributed by atoms with Crippen molar-refractivity contribution in [2.75, 3.05) is 19.0 Å². The molecule has 2 aromatic carbocycles. The highest BCUT2D eigenvalue weighted by molar-refractivity contribution is 5.94. The summed E-state index contributed by atoms with van der Waals surface area (Å²) in [7, 11) is 1.46. The molecule has 29 heavy (non-hydrogen) atoms. The second-order valence-electron chi connectivity index (χ2n) is 5.75. The quantitative estimate of drug-likeness (QED) is 0.601. The summed E-state index contributed by atoms with van der Waals surface area (Å²) < 4.78 is 28.6. The highest BCUT2D eigenvalue weighted by atomic mass is 19.1. The van der Waals surface area contributed by atoms with Gasteiger partial charge in [0.15, 0.2) is 6.61 Å². The number of nitrogens with zero attached hydrogens (tertiary/aromatic N) is 2. The average Bonchev–Trinajstić information content (AvgIpc) is 3.07. The van der Waals surface area contributed by atoms with Gasteiger partial charge < -0.3 is 19.2 Å². The van der Waals surface area contributed by atoms with Gasteiger partial charge in [-0.1, -0.05) is 12.1 Å². The number of carbonyl (C=O) groups excluding carboxylic acids is 2. The lowest BCUT2D eigenvalue weighted by Crippen LogP contribution is -2.26. The molecule has 0 fully saturated rings. The zero-order valence-corrected chi connectivity index (χ0v) is 15.3. The van der Waals surface area contributed by atoms with E-state index in [2.05, 4.69) is 10.4 Å². The number of esters is 1. The first-order chi connectivity index (χ1) is 14.0. The minimum absolute atomic E-state index is 0.0725. The number of carbonyl (C=O) groups is 2. The van der Waals surface area contributed by atoms with Gasteiger partial charge in [-0.3, -0.25) is 9.59 Å². The SMILES string of the molecule is COc1ccccc1NC(=O)COC(=O)Cn1nc(-c2ccc(F)cc2)oc1=O. The van der Waals surface area contributed by atoms with Crippen LogP contribution in [0.5, 0.6) is 5.75 Å². The second kappa shape index (κ2) is 8.83. The van der Waals surface area contributed by atoms with Gasteiger partial charge in [0, 0.05) is 5.56 Å². The van der Waals surface area contributed by atoms with Crippen LogP contribution in [0.2, 0.25) is 0 Å². The zero-order valence-electron chi connectivity index (χ0n) is 15.3. The number of para-hydroxylation sites is 2. The van der Waals surface area contributed by atoms with E-state index in [0.717, 1.165) is 4.68 Å². The molecule has 0 aliphatic heterocycles. The zero-order chi connectivity index (χ0) is 20.8. The number of nitrogens with one attached hydrogen (secondary N) is 1. The van der Waals surface area contributed by atoms with Crippen LogP contribution < -0.4 is 15.8 Å². The number of halogens is 1. The van der Waals surface area contributed by atoms with Gasteiger partial charge in [0.25, 0.3) is 5.91 Å². The number of ether oxygens (including phenoxy) is 2. The maximum absolute atomic E-state index is 13.0. The van der Waals surface area contributed by atoms with Crippen molar-refractivity contribution in [3.8, 4) is 17.2 Å². The maximum atomic E-state index is 13.0. The van der Waals surface area contributed by atoms with E-state index in [9.17, 15) is 18.8 Å². The number of anilines is 1. The lowest BCUT2D eigenvalue weighted by molar-refractivity contribution is -0.148. The van der Waals surface area contributed by atoms with Gasteiger partial charge >= 0.3 is 11.7 Å². The molecular weight excluding hydrogens is 385 g/mol. The fourth-order valence-electron chi connectivity index (χ4n) is 2.36. The predicted molar refractivity (Wildman–Crippen MR) is 98.7 cm³/mol. The van der Waals surface area contributed by atoms with Crippen LogP contribution >= 0.6 is 0 Å². The maximum Gasteiger partial charge on any atom is 0.437 e. The normalized spacial score (nSPS) is 10.4. The Balaban J connectivity index is 1.56. The third kappa shape index (κ3) is 5.06. The summed E-state index contributed by atoms with van der Waals surface area (Å²) in [5, 5.41) is 6.41. The van der Waals surface area contributed by atoms with Gasteiger partial charge in [0.05, 0.1) is 12.8 Å². The number of methoxy groups -OCH3 is 1. The Morgan fingerprint density at radius 1 is 1.17 bits per heavy atom. The summed E-state index contributed by atoms with van der Waals surface area (Å²) in [6, 6.07) is 11.9. The van der Waals surface area contributed by atoms with Crippen molar-refractivity contribution in [2.24, 2.45) is 0 Å². The van der Waals surface area contributed by atoms with Gasteiger partial charge in [0.1, 0.15) is 18.1 Å². The topological polar surface area (TPSA) is 113 Å². The Hall–Kier alpha value is -3.95. The van der Waals surface area contributed by atoms with Crippen LogP contribution in [0.4, 0.5) is 10.1 Å². The van der Waals surface area contributed by atoms with E-state index in [0.29, 0.717) is 17.0 Å². The monoisotopic (exact) mass is 401 g/mol. The molecule has 3 aromatic rings. The summed E-state index contributed by atoms with van der Waals surface area (Å²) in [5.41, 5.74) is 0.791. The Morgan fingerprint density at radius 2 is 1.90 bits per heavy atom. The smallest absolute Gasteiger partial charge is 0.437 e. The van der Waals surface area contributed by atoms with Crippen LogP contribution in [0.25, 0.3) is 11.5 Å². The van der Waals surface area contributed by atoms with E-state index >= 15 is 0 Å². The molecule has 3 rings (SSSR count). The van der Waals surface area contributed by atoms with E-state index in [4.69, 9.17) is 13.9 Å². The van der Waals surface area contributed by atoms with E-state index in [1.54, 1.807) is 24.3 Å². The fraction of sp³-hybridized carbons (Fsp3) is 0.158. The Kier molecular flexibility index (Phi) is 6.03. The molecule has 0 aliphatic rings. The Morgan fingerprint density at radius 3 is 2.62 bits per heavy atom. The Labute approximate surface area is 163 Å². The van der Waals surface area contributed by atoms with Crippen molar-refractivity contribution in [1.29, 1.82) is 0 Å². The van der Waals surface area contributed by atoms with Crippen LogP contribution in [0.1, 0.15) is 0 Å². The number of aromatic nitrogens is 2.